The Hall–Kier alpha value is -4.07. The van der Waals surface area contributed by atoms with Crippen LogP contribution in [0, 0.1) is 0 Å². The van der Waals surface area contributed by atoms with Gasteiger partial charge in [0.2, 0.25) is 0 Å². The fourth-order valence-corrected chi connectivity index (χ4v) is 4.92. The largest absolute Gasteiger partial charge is 0.383 e. The Kier molecular flexibility index (Phi) is 16.5. The van der Waals surface area contributed by atoms with Crippen LogP contribution in [0.25, 0.3) is 39.5 Å². The lowest BCUT2D eigenvalue weighted by Gasteiger charge is -2.31. The summed E-state index contributed by atoms with van der Waals surface area (Å²) >= 11 is 0. The van der Waals surface area contributed by atoms with Gasteiger partial charge in [-0.3, -0.25) is 9.47 Å². The van der Waals surface area contributed by atoms with Crippen LogP contribution in [0.1, 0.15) is 74.3 Å². The molecular formula is C38H55N7. The van der Waals surface area contributed by atoms with Gasteiger partial charge < -0.3 is 11.1 Å². The summed E-state index contributed by atoms with van der Waals surface area (Å²) in [6, 6.07) is 27.3. The van der Waals surface area contributed by atoms with Gasteiger partial charge in [-0.2, -0.15) is 0 Å². The number of aromatic nitrogens is 4. The summed E-state index contributed by atoms with van der Waals surface area (Å²) in [6.07, 6.45) is 2.95. The van der Waals surface area contributed by atoms with Crippen LogP contribution >= 0.6 is 0 Å². The highest BCUT2D eigenvalue weighted by Crippen LogP contribution is 2.31. The third kappa shape index (κ3) is 9.96. The smallest absolute Gasteiger partial charge is 0.165 e. The second-order valence-electron chi connectivity index (χ2n) is 10.1. The quantitative estimate of drug-likeness (QED) is 0.207. The van der Waals surface area contributed by atoms with Crippen LogP contribution in [0.2, 0.25) is 0 Å². The number of nitrogens with two attached hydrogens (primary N) is 1. The third-order valence-electron chi connectivity index (χ3n) is 6.71. The van der Waals surface area contributed by atoms with E-state index in [4.69, 9.17) is 15.7 Å². The van der Waals surface area contributed by atoms with E-state index in [2.05, 4.69) is 76.9 Å². The summed E-state index contributed by atoms with van der Waals surface area (Å²) in [5.41, 5.74) is 12.9. The van der Waals surface area contributed by atoms with Crippen molar-refractivity contribution in [1.82, 2.24) is 29.7 Å². The van der Waals surface area contributed by atoms with Crippen molar-refractivity contribution in [1.29, 1.82) is 0 Å². The highest BCUT2D eigenvalue weighted by molar-refractivity contribution is 5.84. The molecule has 0 aliphatic carbocycles. The molecule has 1 aliphatic heterocycles. The molecule has 3 aromatic heterocycles. The van der Waals surface area contributed by atoms with E-state index in [1.165, 1.54) is 12.0 Å². The number of hydrogen-bond donors (Lipinski definition) is 2. The standard InChI is InChI=1S/C29H29N7.C3H8.3C2H6/c1-20-18-35(17-16-31-20)19-21-9-11-23(12-10-21)36-28(24-8-5-15-32-27(24)30)34-26-14-13-25(33-29(26)36)22-6-3-2-4-7-22;1-3-2;3*1-2/h2-15,20,31H,16-19H2,1H3,(H2,30,32);3H2,1-2H3;3*1-2H3/t20-;;;;/m0..../s1. The van der Waals surface area contributed by atoms with E-state index >= 15 is 0 Å². The molecule has 6 rings (SSSR count). The van der Waals surface area contributed by atoms with E-state index < -0.39 is 0 Å². The maximum absolute atomic E-state index is 6.29. The maximum atomic E-state index is 6.29. The number of nitrogens with zero attached hydrogens (tertiary/aromatic N) is 5. The molecule has 4 heterocycles. The Balaban J connectivity index is 0.000000717. The van der Waals surface area contributed by atoms with Crippen LogP contribution in [0.15, 0.2) is 85.1 Å². The molecule has 3 N–H and O–H groups in total. The van der Waals surface area contributed by atoms with Crippen molar-refractivity contribution in [3.63, 3.8) is 0 Å². The zero-order chi connectivity index (χ0) is 33.2. The molecular weight excluding hydrogens is 554 g/mol. The first kappa shape index (κ1) is 37.1. The van der Waals surface area contributed by atoms with Crippen LogP contribution in [-0.4, -0.2) is 50.1 Å². The Morgan fingerprint density at radius 2 is 1.49 bits per heavy atom. The molecule has 242 valence electrons. The highest BCUT2D eigenvalue weighted by atomic mass is 15.2. The van der Waals surface area contributed by atoms with E-state index in [1.54, 1.807) is 6.20 Å². The topological polar surface area (TPSA) is 84.9 Å². The first-order valence-electron chi connectivity index (χ1n) is 16.8. The van der Waals surface area contributed by atoms with Gasteiger partial charge in [0.15, 0.2) is 11.5 Å². The van der Waals surface area contributed by atoms with Crippen molar-refractivity contribution >= 4 is 17.0 Å². The molecule has 0 radical (unpaired) electrons. The van der Waals surface area contributed by atoms with E-state index in [0.29, 0.717) is 11.9 Å². The zero-order valence-electron chi connectivity index (χ0n) is 29.0. The minimum absolute atomic E-state index is 0.446. The van der Waals surface area contributed by atoms with Gasteiger partial charge in [-0.05, 0) is 48.9 Å². The fourth-order valence-electron chi connectivity index (χ4n) is 4.92. The first-order chi connectivity index (χ1) is 22.1. The number of fused-ring (bicyclic) bond motifs is 1. The van der Waals surface area contributed by atoms with Gasteiger partial charge in [0.05, 0.1) is 11.3 Å². The second kappa shape index (κ2) is 20.1. The molecule has 1 atom stereocenters. The number of piperazine rings is 1. The lowest BCUT2D eigenvalue weighted by Crippen LogP contribution is -2.48. The van der Waals surface area contributed by atoms with Crippen molar-refractivity contribution in [3.05, 3.63) is 90.6 Å². The second-order valence-corrected chi connectivity index (χ2v) is 10.1. The molecule has 0 amide bonds. The molecule has 0 bridgehead atoms. The number of nitrogen functional groups attached to an aromatic ring is 1. The number of imidazole rings is 1. The van der Waals surface area contributed by atoms with Crippen LogP contribution in [0.4, 0.5) is 5.82 Å². The van der Waals surface area contributed by atoms with Crippen molar-refractivity contribution in [2.24, 2.45) is 0 Å². The van der Waals surface area contributed by atoms with Gasteiger partial charge in [-0.15, -0.1) is 0 Å². The van der Waals surface area contributed by atoms with Gasteiger partial charge >= 0.3 is 0 Å². The summed E-state index contributed by atoms with van der Waals surface area (Å²) in [4.78, 5) is 16.8. The SMILES string of the molecule is CC.CC.CC.CCC.C[C@H]1CN(Cc2ccc(-n3c(-c4cccnc4N)nc4ccc(-c5ccccc5)nc43)cc2)CCN1. The molecule has 0 spiro atoms. The highest BCUT2D eigenvalue weighted by Gasteiger charge is 2.19. The third-order valence-corrected chi connectivity index (χ3v) is 6.71. The molecule has 5 aromatic rings. The summed E-state index contributed by atoms with van der Waals surface area (Å²) in [5.74, 6) is 1.18. The lowest BCUT2D eigenvalue weighted by atomic mass is 10.1. The molecule has 7 heteroatoms. The number of pyridine rings is 2. The van der Waals surface area contributed by atoms with Crippen molar-refractivity contribution in [3.8, 4) is 28.3 Å². The average molecular weight is 610 g/mol. The zero-order valence-corrected chi connectivity index (χ0v) is 29.0. The molecule has 1 aliphatic rings. The van der Waals surface area contributed by atoms with Crippen molar-refractivity contribution in [2.75, 3.05) is 25.4 Å². The minimum Gasteiger partial charge on any atom is -0.383 e. The van der Waals surface area contributed by atoms with Crippen LogP contribution in [-0.2, 0) is 6.54 Å². The Morgan fingerprint density at radius 1 is 0.822 bits per heavy atom. The van der Waals surface area contributed by atoms with Crippen molar-refractivity contribution < 1.29 is 0 Å². The minimum atomic E-state index is 0.446. The Labute approximate surface area is 272 Å². The maximum Gasteiger partial charge on any atom is 0.165 e. The molecule has 0 unspecified atom stereocenters. The molecule has 2 aromatic carbocycles. The summed E-state index contributed by atoms with van der Waals surface area (Å²) in [7, 11) is 0. The van der Waals surface area contributed by atoms with Gasteiger partial charge in [0.25, 0.3) is 0 Å². The summed E-state index contributed by atoms with van der Waals surface area (Å²) in [5, 5.41) is 3.51. The molecule has 1 fully saturated rings. The average Bonchev–Trinajstić information content (AvgIpc) is 3.47. The number of nitrogens with one attached hydrogen (secondary N) is 1. The predicted octanol–water partition coefficient (Wildman–Crippen LogP) is 9.02. The molecule has 0 saturated carbocycles. The fraction of sp³-hybridized carbons (Fsp3) is 0.395. The molecule has 45 heavy (non-hydrogen) atoms. The van der Waals surface area contributed by atoms with E-state index in [1.807, 2.05) is 84.0 Å². The summed E-state index contributed by atoms with van der Waals surface area (Å²) < 4.78 is 2.09. The molecule has 1 saturated heterocycles. The Morgan fingerprint density at radius 3 is 2.11 bits per heavy atom. The van der Waals surface area contributed by atoms with Crippen LogP contribution < -0.4 is 11.1 Å². The monoisotopic (exact) mass is 609 g/mol. The van der Waals surface area contributed by atoms with E-state index in [9.17, 15) is 0 Å². The number of benzene rings is 2. The van der Waals surface area contributed by atoms with Gasteiger partial charge in [-0.1, -0.05) is 104 Å². The normalized spacial score (nSPS) is 13.9. The first-order valence-corrected chi connectivity index (χ1v) is 16.8. The lowest BCUT2D eigenvalue weighted by molar-refractivity contribution is 0.199. The Bertz CT molecular complexity index is 1510. The number of hydrogen-bond acceptors (Lipinski definition) is 6. The van der Waals surface area contributed by atoms with E-state index in [0.717, 1.165) is 65.7 Å². The van der Waals surface area contributed by atoms with E-state index in [-0.39, 0.29) is 0 Å². The van der Waals surface area contributed by atoms with Crippen molar-refractivity contribution in [2.45, 2.75) is 81.3 Å². The number of anilines is 1. The molecule has 7 nitrogen and oxygen atoms in total. The van der Waals surface area contributed by atoms with Crippen LogP contribution in [0.5, 0.6) is 0 Å². The number of rotatable bonds is 5. The van der Waals surface area contributed by atoms with Gasteiger partial charge in [0.1, 0.15) is 11.3 Å². The van der Waals surface area contributed by atoms with Crippen LogP contribution in [0.3, 0.4) is 0 Å². The van der Waals surface area contributed by atoms with Gasteiger partial charge in [0, 0.05) is 49.7 Å². The summed E-state index contributed by atoms with van der Waals surface area (Å²) in [6.45, 7) is 22.6. The predicted molar refractivity (Wildman–Crippen MR) is 195 cm³/mol. The van der Waals surface area contributed by atoms with Gasteiger partial charge in [-0.25, -0.2) is 15.0 Å².